The van der Waals surface area contributed by atoms with Crippen LogP contribution in [-0.2, 0) is 16.1 Å². The van der Waals surface area contributed by atoms with Gasteiger partial charge in [-0.3, -0.25) is 14.9 Å². The zero-order chi connectivity index (χ0) is 13.5. The van der Waals surface area contributed by atoms with Crippen molar-refractivity contribution < 1.29 is 14.5 Å². The van der Waals surface area contributed by atoms with Crippen molar-refractivity contribution in [2.45, 2.75) is 26.4 Å². The van der Waals surface area contributed by atoms with Crippen LogP contribution in [0.2, 0.25) is 0 Å². The molecule has 96 valence electrons. The minimum absolute atomic E-state index is 0.0113. The molecule has 0 saturated carbocycles. The lowest BCUT2D eigenvalue weighted by molar-refractivity contribution is -0.384. The number of non-ortho nitro benzene ring substituents is 1. The third kappa shape index (κ3) is 4.58. The Morgan fingerprint density at radius 1 is 1.39 bits per heavy atom. The van der Waals surface area contributed by atoms with Gasteiger partial charge in [-0.05, 0) is 24.1 Å². The van der Waals surface area contributed by atoms with E-state index in [4.69, 9.17) is 17.0 Å². The monoisotopic (exact) mass is 267 g/mol. The number of ether oxygens (including phenoxy) is 1. The summed E-state index contributed by atoms with van der Waals surface area (Å²) in [6, 6.07) is 5.87. The number of esters is 1. The van der Waals surface area contributed by atoms with Gasteiger partial charge in [0.05, 0.1) is 11.3 Å². The number of nitrogens with zero attached hydrogens (tertiary/aromatic N) is 1. The Morgan fingerprint density at radius 3 is 2.50 bits per heavy atom. The van der Waals surface area contributed by atoms with Gasteiger partial charge in [0.25, 0.3) is 5.69 Å². The fourth-order valence-electron chi connectivity index (χ4n) is 1.21. The van der Waals surface area contributed by atoms with Crippen LogP contribution < -0.4 is 0 Å². The number of carbonyl (C=O) groups is 1. The van der Waals surface area contributed by atoms with Gasteiger partial charge in [0, 0.05) is 17.0 Å². The lowest BCUT2D eigenvalue weighted by Gasteiger charge is -2.04. The molecule has 0 spiro atoms. The van der Waals surface area contributed by atoms with Gasteiger partial charge in [0.15, 0.2) is 0 Å². The molecule has 0 unspecified atom stereocenters. The van der Waals surface area contributed by atoms with Gasteiger partial charge < -0.3 is 4.74 Å². The lowest BCUT2D eigenvalue weighted by atomic mass is 10.2. The first-order valence-electron chi connectivity index (χ1n) is 5.43. The predicted molar refractivity (Wildman–Crippen MR) is 70.4 cm³/mol. The Labute approximate surface area is 110 Å². The van der Waals surface area contributed by atoms with Crippen molar-refractivity contribution in [3.63, 3.8) is 0 Å². The summed E-state index contributed by atoms with van der Waals surface area (Å²) in [6.07, 6.45) is 0.806. The predicted octanol–water partition coefficient (Wildman–Crippen LogP) is 2.81. The summed E-state index contributed by atoms with van der Waals surface area (Å²) in [7, 11) is 0. The van der Waals surface area contributed by atoms with Crippen molar-refractivity contribution >= 4 is 28.7 Å². The molecule has 18 heavy (non-hydrogen) atoms. The van der Waals surface area contributed by atoms with Crippen LogP contribution in [0.25, 0.3) is 0 Å². The van der Waals surface area contributed by atoms with Gasteiger partial charge in [-0.25, -0.2) is 0 Å². The number of hydrogen-bond acceptors (Lipinski definition) is 5. The van der Waals surface area contributed by atoms with E-state index in [9.17, 15) is 14.9 Å². The molecule has 0 aliphatic heterocycles. The van der Waals surface area contributed by atoms with Crippen molar-refractivity contribution in [2.75, 3.05) is 0 Å². The Balaban J connectivity index is 2.46. The molecule has 6 heteroatoms. The average molecular weight is 267 g/mol. The van der Waals surface area contributed by atoms with Crippen molar-refractivity contribution in [1.29, 1.82) is 0 Å². The van der Waals surface area contributed by atoms with E-state index in [0.717, 1.165) is 0 Å². The van der Waals surface area contributed by atoms with Crippen LogP contribution in [0, 0.1) is 10.1 Å². The summed E-state index contributed by atoms with van der Waals surface area (Å²) in [5.41, 5.74) is 0.716. The second kappa shape index (κ2) is 6.80. The van der Waals surface area contributed by atoms with Crippen molar-refractivity contribution in [3.05, 3.63) is 39.9 Å². The topological polar surface area (TPSA) is 69.4 Å². The minimum Gasteiger partial charge on any atom is -0.461 e. The largest absolute Gasteiger partial charge is 0.461 e. The zero-order valence-electron chi connectivity index (χ0n) is 9.92. The highest BCUT2D eigenvalue weighted by Gasteiger charge is 2.07. The lowest BCUT2D eigenvalue weighted by Crippen LogP contribution is -2.09. The van der Waals surface area contributed by atoms with E-state index >= 15 is 0 Å². The number of rotatable bonds is 6. The van der Waals surface area contributed by atoms with Gasteiger partial charge in [0.1, 0.15) is 6.61 Å². The molecule has 0 fully saturated rings. The van der Waals surface area contributed by atoms with Gasteiger partial charge in [-0.15, -0.1) is 0 Å². The van der Waals surface area contributed by atoms with Crippen LogP contribution in [0.5, 0.6) is 0 Å². The molecule has 0 aromatic heterocycles. The molecule has 0 amide bonds. The molecule has 0 radical (unpaired) electrons. The maximum absolute atomic E-state index is 11.3. The van der Waals surface area contributed by atoms with Gasteiger partial charge in [0.2, 0.25) is 0 Å². The second-order valence-electron chi connectivity index (χ2n) is 3.65. The van der Waals surface area contributed by atoms with Crippen LogP contribution in [0.15, 0.2) is 24.3 Å². The first-order chi connectivity index (χ1) is 8.52. The molecular weight excluding hydrogens is 254 g/mol. The molecule has 0 atom stereocenters. The summed E-state index contributed by atoms with van der Waals surface area (Å²) in [5, 5.41) is 10.4. The van der Waals surface area contributed by atoms with Crippen LogP contribution >= 0.6 is 12.2 Å². The number of benzene rings is 1. The second-order valence-corrected chi connectivity index (χ2v) is 4.23. The molecule has 0 aliphatic carbocycles. The normalized spacial score (nSPS) is 9.83. The van der Waals surface area contributed by atoms with Gasteiger partial charge >= 0.3 is 5.97 Å². The molecule has 1 aromatic rings. The maximum Gasteiger partial charge on any atom is 0.311 e. The van der Waals surface area contributed by atoms with E-state index in [0.29, 0.717) is 16.8 Å². The number of hydrogen-bond donors (Lipinski definition) is 0. The van der Waals surface area contributed by atoms with Crippen LogP contribution in [0.3, 0.4) is 0 Å². The summed E-state index contributed by atoms with van der Waals surface area (Å²) in [6.45, 7) is 1.98. The van der Waals surface area contributed by atoms with Crippen LogP contribution in [0.4, 0.5) is 5.69 Å². The minimum atomic E-state index is -0.477. The average Bonchev–Trinajstić information content (AvgIpc) is 2.36. The quantitative estimate of drug-likeness (QED) is 0.343. The number of thiocarbonyl (C=S) groups is 1. The third-order valence-electron chi connectivity index (χ3n) is 2.28. The van der Waals surface area contributed by atoms with E-state index in [1.165, 1.54) is 12.1 Å². The standard InChI is InChI=1S/C12H13NO4S/c1-2-11(18)7-12(14)17-8-9-3-5-10(6-4-9)13(15)16/h3-6H,2,7-8H2,1H3. The summed E-state index contributed by atoms with van der Waals surface area (Å²) >= 11 is 4.93. The fraction of sp³-hybridized carbons (Fsp3) is 0.333. The van der Waals surface area contributed by atoms with Crippen molar-refractivity contribution in [2.24, 2.45) is 0 Å². The summed E-state index contributed by atoms with van der Waals surface area (Å²) in [5.74, 6) is -0.375. The van der Waals surface area contributed by atoms with E-state index in [1.807, 2.05) is 6.92 Å². The van der Waals surface area contributed by atoms with E-state index < -0.39 is 4.92 Å². The molecule has 0 heterocycles. The Kier molecular flexibility index (Phi) is 5.38. The molecule has 0 aliphatic rings. The Bertz CT molecular complexity index is 456. The molecule has 0 bridgehead atoms. The van der Waals surface area contributed by atoms with E-state index in [2.05, 4.69) is 0 Å². The SMILES string of the molecule is CCC(=S)CC(=O)OCc1ccc([N+](=O)[O-])cc1. The summed E-state index contributed by atoms with van der Waals surface area (Å²) < 4.78 is 5.00. The molecule has 1 rings (SSSR count). The highest BCUT2D eigenvalue weighted by Crippen LogP contribution is 2.12. The van der Waals surface area contributed by atoms with E-state index in [-0.39, 0.29) is 24.7 Å². The Morgan fingerprint density at radius 2 is 2.00 bits per heavy atom. The molecule has 0 N–H and O–H groups in total. The van der Waals surface area contributed by atoms with Crippen LogP contribution in [-0.4, -0.2) is 15.8 Å². The molecular formula is C12H13NO4S. The summed E-state index contributed by atoms with van der Waals surface area (Å²) in [4.78, 5) is 22.0. The maximum atomic E-state index is 11.3. The van der Waals surface area contributed by atoms with Crippen molar-refractivity contribution in [3.8, 4) is 0 Å². The molecule has 0 saturated heterocycles. The fourth-order valence-corrected chi connectivity index (χ4v) is 1.33. The first-order valence-corrected chi connectivity index (χ1v) is 5.84. The highest BCUT2D eigenvalue weighted by atomic mass is 32.1. The number of nitro groups is 1. The smallest absolute Gasteiger partial charge is 0.311 e. The number of nitro benzene ring substituents is 1. The first kappa shape index (κ1) is 14.2. The van der Waals surface area contributed by atoms with Crippen LogP contribution in [0.1, 0.15) is 25.3 Å². The molecule has 5 nitrogen and oxygen atoms in total. The molecule has 1 aromatic carbocycles. The van der Waals surface area contributed by atoms with E-state index in [1.54, 1.807) is 12.1 Å². The number of carbonyl (C=O) groups excluding carboxylic acids is 1. The van der Waals surface area contributed by atoms with Crippen molar-refractivity contribution in [1.82, 2.24) is 0 Å². The zero-order valence-corrected chi connectivity index (χ0v) is 10.7. The van der Waals surface area contributed by atoms with Gasteiger partial charge in [-0.2, -0.15) is 0 Å². The van der Waals surface area contributed by atoms with Gasteiger partial charge in [-0.1, -0.05) is 19.1 Å². The third-order valence-corrected chi connectivity index (χ3v) is 2.72. The Hall–Kier alpha value is -1.82. The highest BCUT2D eigenvalue weighted by molar-refractivity contribution is 7.80.